The van der Waals surface area contributed by atoms with E-state index in [1.807, 2.05) is 0 Å². The smallest absolute Gasteiger partial charge is 0.316 e. The fourth-order valence-electron chi connectivity index (χ4n) is 0.944. The van der Waals surface area contributed by atoms with Crippen molar-refractivity contribution >= 4 is 11.9 Å². The van der Waals surface area contributed by atoms with Gasteiger partial charge in [0.1, 0.15) is 6.04 Å². The Morgan fingerprint density at radius 2 is 2.13 bits per heavy atom. The quantitative estimate of drug-likeness (QED) is 0.630. The fourth-order valence-corrected chi connectivity index (χ4v) is 0.944. The zero-order chi connectivity index (χ0) is 11.4. The lowest BCUT2D eigenvalue weighted by Crippen LogP contribution is -2.35. The summed E-state index contributed by atoms with van der Waals surface area (Å²) in [4.78, 5) is 11.2. The minimum absolute atomic E-state index is 0.157. The number of anilines is 1. The highest BCUT2D eigenvalue weighted by atomic mass is 16.4. The minimum atomic E-state index is -0.434. The van der Waals surface area contributed by atoms with Crippen LogP contribution >= 0.6 is 0 Å². The van der Waals surface area contributed by atoms with Crippen molar-refractivity contribution in [2.45, 2.75) is 25.9 Å². The molecule has 2 unspecified atom stereocenters. The second-order valence-corrected chi connectivity index (χ2v) is 3.21. The molecule has 7 nitrogen and oxygen atoms in total. The second kappa shape index (κ2) is 4.74. The lowest BCUT2D eigenvalue weighted by atomic mass is 10.3. The SMILES string of the molecule is CNC(=O)C(C)Nc1nnc(C(C)N)o1. The third-order valence-corrected chi connectivity index (χ3v) is 1.81. The summed E-state index contributed by atoms with van der Waals surface area (Å²) in [6.07, 6.45) is 0. The van der Waals surface area contributed by atoms with Crippen LogP contribution in [0.4, 0.5) is 6.01 Å². The highest BCUT2D eigenvalue weighted by Crippen LogP contribution is 2.11. The summed E-state index contributed by atoms with van der Waals surface area (Å²) in [5.41, 5.74) is 5.54. The lowest BCUT2D eigenvalue weighted by molar-refractivity contribution is -0.121. The van der Waals surface area contributed by atoms with Gasteiger partial charge in [0.25, 0.3) is 0 Å². The normalized spacial score (nSPS) is 14.4. The van der Waals surface area contributed by atoms with Crippen LogP contribution < -0.4 is 16.4 Å². The number of carbonyl (C=O) groups excluding carboxylic acids is 1. The van der Waals surface area contributed by atoms with Crippen molar-refractivity contribution in [2.24, 2.45) is 5.73 Å². The number of amides is 1. The highest BCUT2D eigenvalue weighted by molar-refractivity contribution is 5.83. The van der Waals surface area contributed by atoms with E-state index in [2.05, 4.69) is 20.8 Å². The monoisotopic (exact) mass is 213 g/mol. The van der Waals surface area contributed by atoms with Gasteiger partial charge in [0.2, 0.25) is 11.8 Å². The van der Waals surface area contributed by atoms with Gasteiger partial charge in [-0.2, -0.15) is 0 Å². The van der Waals surface area contributed by atoms with E-state index in [1.54, 1.807) is 20.9 Å². The summed E-state index contributed by atoms with van der Waals surface area (Å²) in [7, 11) is 1.56. The zero-order valence-electron chi connectivity index (χ0n) is 8.94. The average Bonchev–Trinajstić information content (AvgIpc) is 2.65. The van der Waals surface area contributed by atoms with Crippen LogP contribution in [0.5, 0.6) is 0 Å². The lowest BCUT2D eigenvalue weighted by Gasteiger charge is -2.09. The number of nitrogens with two attached hydrogens (primary N) is 1. The molecule has 0 spiro atoms. The standard InChI is InChI=1S/C8H15N5O2/c1-4(9)7-12-13-8(15-7)11-5(2)6(14)10-3/h4-5H,9H2,1-3H3,(H,10,14)(H,11,13). The van der Waals surface area contributed by atoms with Crippen LogP contribution in [0.25, 0.3) is 0 Å². The van der Waals surface area contributed by atoms with Crippen molar-refractivity contribution in [2.75, 3.05) is 12.4 Å². The molecule has 1 aromatic rings. The predicted octanol–water partition coefficient (Wildman–Crippen LogP) is -0.364. The van der Waals surface area contributed by atoms with Crippen molar-refractivity contribution in [3.8, 4) is 0 Å². The maximum absolute atomic E-state index is 11.2. The van der Waals surface area contributed by atoms with Crippen molar-refractivity contribution in [3.63, 3.8) is 0 Å². The van der Waals surface area contributed by atoms with E-state index in [4.69, 9.17) is 10.2 Å². The van der Waals surface area contributed by atoms with Gasteiger partial charge >= 0.3 is 6.01 Å². The first kappa shape index (κ1) is 11.4. The first-order valence-electron chi connectivity index (χ1n) is 4.61. The molecule has 1 rings (SSSR count). The number of nitrogens with one attached hydrogen (secondary N) is 2. The van der Waals surface area contributed by atoms with E-state index in [1.165, 1.54) is 0 Å². The molecule has 0 aromatic carbocycles. The molecule has 0 radical (unpaired) electrons. The van der Waals surface area contributed by atoms with Gasteiger partial charge in [-0.25, -0.2) is 0 Å². The van der Waals surface area contributed by atoms with Gasteiger partial charge in [0.15, 0.2) is 0 Å². The number of aromatic nitrogens is 2. The molecule has 1 aromatic heterocycles. The maximum atomic E-state index is 11.2. The topological polar surface area (TPSA) is 106 Å². The first-order chi connectivity index (χ1) is 7.04. The fraction of sp³-hybridized carbons (Fsp3) is 0.625. The zero-order valence-corrected chi connectivity index (χ0v) is 8.94. The van der Waals surface area contributed by atoms with Crippen LogP contribution in [0.3, 0.4) is 0 Å². The molecular formula is C8H15N5O2. The first-order valence-corrected chi connectivity index (χ1v) is 4.61. The van der Waals surface area contributed by atoms with Gasteiger partial charge in [-0.3, -0.25) is 4.79 Å². The molecule has 0 fully saturated rings. The molecular weight excluding hydrogens is 198 g/mol. The Bertz CT molecular complexity index is 336. The molecule has 0 aliphatic heterocycles. The Morgan fingerprint density at radius 1 is 1.47 bits per heavy atom. The van der Waals surface area contributed by atoms with Crippen LogP contribution in [0.15, 0.2) is 4.42 Å². The predicted molar refractivity (Wildman–Crippen MR) is 54.1 cm³/mol. The van der Waals surface area contributed by atoms with Crippen LogP contribution in [-0.4, -0.2) is 29.2 Å². The van der Waals surface area contributed by atoms with Gasteiger partial charge in [-0.05, 0) is 13.8 Å². The van der Waals surface area contributed by atoms with Crippen LogP contribution in [0.2, 0.25) is 0 Å². The van der Waals surface area contributed by atoms with E-state index in [0.29, 0.717) is 5.89 Å². The Balaban J connectivity index is 2.61. The van der Waals surface area contributed by atoms with Gasteiger partial charge in [0, 0.05) is 7.05 Å². The molecule has 0 saturated carbocycles. The van der Waals surface area contributed by atoms with Crippen molar-refractivity contribution < 1.29 is 9.21 Å². The third kappa shape index (κ3) is 2.91. The molecule has 0 aliphatic rings. The number of nitrogens with zero attached hydrogens (tertiary/aromatic N) is 2. The van der Waals surface area contributed by atoms with Crippen LogP contribution in [0, 0.1) is 0 Å². The second-order valence-electron chi connectivity index (χ2n) is 3.21. The molecule has 0 saturated heterocycles. The Labute approximate surface area is 87.4 Å². The van der Waals surface area contributed by atoms with Crippen molar-refractivity contribution in [1.82, 2.24) is 15.5 Å². The van der Waals surface area contributed by atoms with E-state index >= 15 is 0 Å². The minimum Gasteiger partial charge on any atom is -0.406 e. The number of rotatable bonds is 4. The summed E-state index contributed by atoms with van der Waals surface area (Å²) in [5.74, 6) is 0.178. The van der Waals surface area contributed by atoms with E-state index in [0.717, 1.165) is 0 Å². The van der Waals surface area contributed by atoms with E-state index < -0.39 is 6.04 Å². The molecule has 0 bridgehead atoms. The maximum Gasteiger partial charge on any atom is 0.316 e. The van der Waals surface area contributed by atoms with Crippen LogP contribution in [-0.2, 0) is 4.79 Å². The Morgan fingerprint density at radius 3 is 2.60 bits per heavy atom. The summed E-state index contributed by atoms with van der Waals surface area (Å²) in [6, 6.07) is -0.557. The largest absolute Gasteiger partial charge is 0.406 e. The average molecular weight is 213 g/mol. The van der Waals surface area contributed by atoms with E-state index in [-0.39, 0.29) is 18.0 Å². The van der Waals surface area contributed by atoms with Gasteiger partial charge in [0.05, 0.1) is 6.04 Å². The highest BCUT2D eigenvalue weighted by Gasteiger charge is 2.15. The van der Waals surface area contributed by atoms with Gasteiger partial charge < -0.3 is 20.8 Å². The third-order valence-electron chi connectivity index (χ3n) is 1.81. The summed E-state index contributed by atoms with van der Waals surface area (Å²) in [5, 5.41) is 12.7. The summed E-state index contributed by atoms with van der Waals surface area (Å²) in [6.45, 7) is 3.42. The molecule has 84 valence electrons. The number of hydrogen-bond donors (Lipinski definition) is 3. The molecule has 0 aliphatic carbocycles. The number of carbonyl (C=O) groups is 1. The van der Waals surface area contributed by atoms with Crippen LogP contribution in [0.1, 0.15) is 25.8 Å². The Hall–Kier alpha value is -1.63. The van der Waals surface area contributed by atoms with Gasteiger partial charge in [-0.1, -0.05) is 5.10 Å². The molecule has 1 heterocycles. The molecule has 2 atom stereocenters. The summed E-state index contributed by atoms with van der Waals surface area (Å²) < 4.78 is 5.17. The molecule has 15 heavy (non-hydrogen) atoms. The molecule has 1 amide bonds. The van der Waals surface area contributed by atoms with Gasteiger partial charge in [-0.15, -0.1) is 5.10 Å². The number of likely N-dealkylation sites (N-methyl/N-ethyl adjacent to an activating group) is 1. The van der Waals surface area contributed by atoms with Crippen molar-refractivity contribution in [3.05, 3.63) is 5.89 Å². The van der Waals surface area contributed by atoms with E-state index in [9.17, 15) is 4.79 Å². The summed E-state index contributed by atoms with van der Waals surface area (Å²) >= 11 is 0. The Kier molecular flexibility index (Phi) is 3.62. The van der Waals surface area contributed by atoms with Crippen molar-refractivity contribution in [1.29, 1.82) is 0 Å². The molecule has 7 heteroatoms. The number of hydrogen-bond acceptors (Lipinski definition) is 6. The molecule has 4 N–H and O–H groups in total.